The Kier molecular flexibility index (Phi) is 5.26. The third-order valence-electron chi connectivity index (χ3n) is 2.46. The highest BCUT2D eigenvalue weighted by Gasteiger charge is 2.19. The van der Waals surface area contributed by atoms with E-state index in [1.165, 1.54) is 12.1 Å². The van der Waals surface area contributed by atoms with E-state index < -0.39 is 10.8 Å². The molecule has 18 heavy (non-hydrogen) atoms. The van der Waals surface area contributed by atoms with Gasteiger partial charge in [0.1, 0.15) is 5.56 Å². The molecular weight excluding hydrogens is 236 g/mol. The molecule has 0 atom stereocenters. The van der Waals surface area contributed by atoms with Gasteiger partial charge < -0.3 is 10.4 Å². The second-order valence-electron chi connectivity index (χ2n) is 3.96. The summed E-state index contributed by atoms with van der Waals surface area (Å²) in [5, 5.41) is 22.0. The van der Waals surface area contributed by atoms with Crippen molar-refractivity contribution >= 4 is 11.6 Å². The van der Waals surface area contributed by atoms with Gasteiger partial charge in [-0.1, -0.05) is 6.07 Å². The summed E-state index contributed by atoms with van der Waals surface area (Å²) in [4.78, 5) is 22.0. The zero-order valence-electron chi connectivity index (χ0n) is 10.2. The molecule has 6 nitrogen and oxygen atoms in total. The maximum Gasteiger partial charge on any atom is 0.282 e. The standard InChI is InChI=1S/C12H16N2O4/c1-9-4-5-11(14(17)18)10(8-9)12(16)13-6-2-3-7-15/h4-5,8,15H,2-3,6-7H2,1H3,(H,13,16). The van der Waals surface area contributed by atoms with Crippen LogP contribution in [0, 0.1) is 17.0 Å². The van der Waals surface area contributed by atoms with Gasteiger partial charge in [-0.05, 0) is 31.4 Å². The van der Waals surface area contributed by atoms with Crippen molar-refractivity contribution < 1.29 is 14.8 Å². The van der Waals surface area contributed by atoms with Crippen molar-refractivity contribution in [3.8, 4) is 0 Å². The Bertz CT molecular complexity index is 446. The quantitative estimate of drug-likeness (QED) is 0.454. The lowest BCUT2D eigenvalue weighted by atomic mass is 10.1. The molecule has 0 aliphatic rings. The van der Waals surface area contributed by atoms with Crippen LogP contribution in [0.5, 0.6) is 0 Å². The van der Waals surface area contributed by atoms with Gasteiger partial charge in [0.05, 0.1) is 4.92 Å². The number of nitrogens with one attached hydrogen (secondary N) is 1. The Morgan fingerprint density at radius 2 is 2.17 bits per heavy atom. The molecule has 0 aliphatic carbocycles. The van der Waals surface area contributed by atoms with Gasteiger partial charge in [0.2, 0.25) is 0 Å². The minimum absolute atomic E-state index is 0.0699. The number of amides is 1. The number of carbonyl (C=O) groups is 1. The van der Waals surface area contributed by atoms with E-state index >= 15 is 0 Å². The summed E-state index contributed by atoms with van der Waals surface area (Å²) >= 11 is 0. The fourth-order valence-corrected chi connectivity index (χ4v) is 1.52. The average Bonchev–Trinajstić information content (AvgIpc) is 2.34. The SMILES string of the molecule is Cc1ccc([N+](=O)[O-])c(C(=O)NCCCCO)c1. The molecule has 6 heteroatoms. The molecule has 0 radical (unpaired) electrons. The first kappa shape index (κ1) is 14.1. The lowest BCUT2D eigenvalue weighted by molar-refractivity contribution is -0.385. The molecule has 0 saturated carbocycles. The first-order valence-corrected chi connectivity index (χ1v) is 5.70. The smallest absolute Gasteiger partial charge is 0.282 e. The topological polar surface area (TPSA) is 92.5 Å². The van der Waals surface area contributed by atoms with Crippen LogP contribution in [0.3, 0.4) is 0 Å². The highest BCUT2D eigenvalue weighted by Crippen LogP contribution is 2.19. The summed E-state index contributed by atoms with van der Waals surface area (Å²) in [7, 11) is 0. The Morgan fingerprint density at radius 1 is 1.44 bits per heavy atom. The number of rotatable bonds is 6. The molecule has 1 rings (SSSR count). The highest BCUT2D eigenvalue weighted by molar-refractivity contribution is 5.98. The number of hydrogen-bond acceptors (Lipinski definition) is 4. The van der Waals surface area contributed by atoms with Crippen LogP contribution in [-0.2, 0) is 0 Å². The molecule has 2 N–H and O–H groups in total. The molecule has 0 spiro atoms. The molecule has 98 valence electrons. The number of unbranched alkanes of at least 4 members (excludes halogenated alkanes) is 1. The van der Waals surface area contributed by atoms with Gasteiger partial charge in [0.15, 0.2) is 0 Å². The minimum atomic E-state index is -0.567. The predicted molar refractivity (Wildman–Crippen MR) is 66.5 cm³/mol. The van der Waals surface area contributed by atoms with Gasteiger partial charge in [0, 0.05) is 19.2 Å². The Morgan fingerprint density at radius 3 is 2.78 bits per heavy atom. The average molecular weight is 252 g/mol. The molecule has 1 aromatic carbocycles. The van der Waals surface area contributed by atoms with Crippen molar-refractivity contribution in [2.45, 2.75) is 19.8 Å². The van der Waals surface area contributed by atoms with Gasteiger partial charge in [0.25, 0.3) is 11.6 Å². The fraction of sp³-hybridized carbons (Fsp3) is 0.417. The van der Waals surface area contributed by atoms with Crippen LogP contribution in [-0.4, -0.2) is 29.1 Å². The van der Waals surface area contributed by atoms with E-state index in [9.17, 15) is 14.9 Å². The van der Waals surface area contributed by atoms with Crippen LogP contribution in [0.2, 0.25) is 0 Å². The predicted octanol–water partition coefficient (Wildman–Crippen LogP) is 1.41. The van der Waals surface area contributed by atoms with Crippen LogP contribution >= 0.6 is 0 Å². The summed E-state index contributed by atoms with van der Waals surface area (Å²) < 4.78 is 0. The van der Waals surface area contributed by atoms with E-state index in [0.29, 0.717) is 19.4 Å². The zero-order chi connectivity index (χ0) is 13.5. The number of nitro benzene ring substituents is 1. The van der Waals surface area contributed by atoms with E-state index in [2.05, 4.69) is 5.32 Å². The Balaban J connectivity index is 2.77. The van der Waals surface area contributed by atoms with Crippen LogP contribution in [0.25, 0.3) is 0 Å². The third kappa shape index (κ3) is 3.81. The van der Waals surface area contributed by atoms with Gasteiger partial charge >= 0.3 is 0 Å². The van der Waals surface area contributed by atoms with Crippen LogP contribution in [0.1, 0.15) is 28.8 Å². The molecule has 0 fully saturated rings. The number of carbonyl (C=O) groups excluding carboxylic acids is 1. The molecule has 1 amide bonds. The summed E-state index contributed by atoms with van der Waals surface area (Å²) in [5.41, 5.74) is 0.672. The number of aryl methyl sites for hydroxylation is 1. The summed E-state index contributed by atoms with van der Waals surface area (Å²) in [6.45, 7) is 2.23. The van der Waals surface area contributed by atoms with Crippen LogP contribution in [0.15, 0.2) is 18.2 Å². The van der Waals surface area contributed by atoms with Gasteiger partial charge in [-0.25, -0.2) is 0 Å². The normalized spacial score (nSPS) is 10.1. The summed E-state index contributed by atoms with van der Waals surface area (Å²) in [5.74, 6) is -0.455. The van der Waals surface area contributed by atoms with E-state index in [1.807, 2.05) is 0 Å². The maximum absolute atomic E-state index is 11.8. The van der Waals surface area contributed by atoms with Crippen LogP contribution < -0.4 is 5.32 Å². The maximum atomic E-state index is 11.8. The molecule has 0 bridgehead atoms. The monoisotopic (exact) mass is 252 g/mol. The summed E-state index contributed by atoms with van der Waals surface area (Å²) in [6, 6.07) is 4.43. The van der Waals surface area contributed by atoms with E-state index in [4.69, 9.17) is 5.11 Å². The largest absolute Gasteiger partial charge is 0.396 e. The lowest BCUT2D eigenvalue weighted by Crippen LogP contribution is -2.25. The minimum Gasteiger partial charge on any atom is -0.396 e. The number of nitrogens with zero attached hydrogens (tertiary/aromatic N) is 1. The lowest BCUT2D eigenvalue weighted by Gasteiger charge is -2.06. The number of hydrogen-bond donors (Lipinski definition) is 2. The molecule has 1 aromatic rings. The van der Waals surface area contributed by atoms with Crippen molar-refractivity contribution in [2.24, 2.45) is 0 Å². The molecule has 0 heterocycles. The van der Waals surface area contributed by atoms with Crippen molar-refractivity contribution in [1.82, 2.24) is 5.32 Å². The molecule has 0 aliphatic heterocycles. The number of aliphatic hydroxyl groups excluding tert-OH is 1. The molecule has 0 unspecified atom stereocenters. The van der Waals surface area contributed by atoms with Gasteiger partial charge in [-0.2, -0.15) is 0 Å². The number of nitro groups is 1. The first-order chi connectivity index (χ1) is 8.56. The first-order valence-electron chi connectivity index (χ1n) is 5.70. The van der Waals surface area contributed by atoms with Crippen molar-refractivity contribution in [3.05, 3.63) is 39.4 Å². The van der Waals surface area contributed by atoms with E-state index in [0.717, 1.165) is 5.56 Å². The summed E-state index contributed by atoms with van der Waals surface area (Å²) in [6.07, 6.45) is 1.23. The number of aliphatic hydroxyl groups is 1. The van der Waals surface area contributed by atoms with Crippen molar-refractivity contribution in [1.29, 1.82) is 0 Å². The molecule has 0 saturated heterocycles. The zero-order valence-corrected chi connectivity index (χ0v) is 10.2. The molecular formula is C12H16N2O4. The Hall–Kier alpha value is -1.95. The fourth-order valence-electron chi connectivity index (χ4n) is 1.52. The van der Waals surface area contributed by atoms with Crippen molar-refractivity contribution in [3.63, 3.8) is 0 Å². The highest BCUT2D eigenvalue weighted by atomic mass is 16.6. The second kappa shape index (κ2) is 6.70. The third-order valence-corrected chi connectivity index (χ3v) is 2.46. The number of benzene rings is 1. The van der Waals surface area contributed by atoms with E-state index in [1.54, 1.807) is 13.0 Å². The van der Waals surface area contributed by atoms with Crippen LogP contribution in [0.4, 0.5) is 5.69 Å². The van der Waals surface area contributed by atoms with E-state index in [-0.39, 0.29) is 17.9 Å². The second-order valence-corrected chi connectivity index (χ2v) is 3.96. The van der Waals surface area contributed by atoms with Crippen molar-refractivity contribution in [2.75, 3.05) is 13.2 Å². The Labute approximate surface area is 105 Å². The van der Waals surface area contributed by atoms with Gasteiger partial charge in [-0.3, -0.25) is 14.9 Å². The van der Waals surface area contributed by atoms with Gasteiger partial charge in [-0.15, -0.1) is 0 Å². The molecule has 0 aromatic heterocycles.